The zero-order chi connectivity index (χ0) is 13.4. The Hall–Kier alpha value is -1.88. The van der Waals surface area contributed by atoms with Crippen molar-refractivity contribution in [2.75, 3.05) is 19.0 Å². The molecular weight excluding hydrogens is 232 g/mol. The fraction of sp³-hybridized carbons (Fsp3) is 0.385. The summed E-state index contributed by atoms with van der Waals surface area (Å²) in [5.41, 5.74) is 1.11. The van der Waals surface area contributed by atoms with Crippen LogP contribution >= 0.6 is 0 Å². The highest BCUT2D eigenvalue weighted by atomic mass is 16.3. The number of anilines is 1. The lowest BCUT2D eigenvalue weighted by Crippen LogP contribution is -2.18. The van der Waals surface area contributed by atoms with Crippen molar-refractivity contribution in [3.63, 3.8) is 0 Å². The van der Waals surface area contributed by atoms with Crippen LogP contribution in [0, 0.1) is 0 Å². The van der Waals surface area contributed by atoms with Crippen molar-refractivity contribution < 1.29 is 14.7 Å². The van der Waals surface area contributed by atoms with Crippen molar-refractivity contribution >= 4 is 17.5 Å². The average Bonchev–Trinajstić information content (AvgIpc) is 2.38. The largest absolute Gasteiger partial charge is 0.396 e. The van der Waals surface area contributed by atoms with E-state index in [-0.39, 0.29) is 18.4 Å². The molecule has 98 valence electrons. The highest BCUT2D eigenvalue weighted by molar-refractivity contribution is 5.97. The Balaban J connectivity index is 2.56. The van der Waals surface area contributed by atoms with Gasteiger partial charge in [0.15, 0.2) is 0 Å². The van der Waals surface area contributed by atoms with E-state index in [9.17, 15) is 9.59 Å². The summed E-state index contributed by atoms with van der Waals surface area (Å²) < 4.78 is 0. The van der Waals surface area contributed by atoms with Crippen LogP contribution in [0.15, 0.2) is 24.3 Å². The number of aliphatic hydroxyl groups excluding tert-OH is 1. The average molecular weight is 250 g/mol. The fourth-order valence-corrected chi connectivity index (χ4v) is 1.50. The summed E-state index contributed by atoms with van der Waals surface area (Å²) in [7, 11) is 1.56. The molecule has 1 rings (SSSR count). The van der Waals surface area contributed by atoms with E-state index in [2.05, 4.69) is 10.6 Å². The molecule has 2 amide bonds. The number of amides is 2. The minimum atomic E-state index is -0.189. The van der Waals surface area contributed by atoms with E-state index in [0.29, 0.717) is 30.5 Å². The van der Waals surface area contributed by atoms with Gasteiger partial charge in [-0.2, -0.15) is 0 Å². The van der Waals surface area contributed by atoms with E-state index in [1.807, 2.05) is 0 Å². The molecule has 0 aliphatic rings. The van der Waals surface area contributed by atoms with Crippen LogP contribution in [0.3, 0.4) is 0 Å². The molecule has 5 heteroatoms. The van der Waals surface area contributed by atoms with E-state index >= 15 is 0 Å². The predicted molar refractivity (Wildman–Crippen MR) is 69.4 cm³/mol. The van der Waals surface area contributed by atoms with Crippen molar-refractivity contribution in [1.82, 2.24) is 5.32 Å². The Morgan fingerprint density at radius 2 is 2.06 bits per heavy atom. The summed E-state index contributed by atoms with van der Waals surface area (Å²) in [6.45, 7) is 0.0967. The van der Waals surface area contributed by atoms with Crippen LogP contribution in [0.5, 0.6) is 0 Å². The second kappa shape index (κ2) is 7.45. The molecule has 0 heterocycles. The van der Waals surface area contributed by atoms with E-state index in [1.54, 1.807) is 31.3 Å². The maximum Gasteiger partial charge on any atom is 0.251 e. The fourth-order valence-electron chi connectivity index (χ4n) is 1.50. The first-order valence-corrected chi connectivity index (χ1v) is 5.90. The molecule has 0 atom stereocenters. The Labute approximate surface area is 106 Å². The molecule has 5 nitrogen and oxygen atoms in total. The van der Waals surface area contributed by atoms with Gasteiger partial charge in [-0.25, -0.2) is 0 Å². The van der Waals surface area contributed by atoms with Crippen LogP contribution in [-0.2, 0) is 4.79 Å². The van der Waals surface area contributed by atoms with Gasteiger partial charge in [0.2, 0.25) is 5.91 Å². The predicted octanol–water partition coefficient (Wildman–Crippen LogP) is 1.15. The van der Waals surface area contributed by atoms with E-state index < -0.39 is 0 Å². The van der Waals surface area contributed by atoms with Gasteiger partial charge in [-0.05, 0) is 31.0 Å². The summed E-state index contributed by atoms with van der Waals surface area (Å²) in [6.07, 6.45) is 1.63. The SMILES string of the molecule is CNC(=O)c1cccc(NC(=O)CCCCO)c1. The van der Waals surface area contributed by atoms with Crippen LogP contribution in [0.25, 0.3) is 0 Å². The quantitative estimate of drug-likeness (QED) is 0.663. The number of carbonyl (C=O) groups is 2. The normalized spacial score (nSPS) is 9.89. The number of hydrogen-bond donors (Lipinski definition) is 3. The Kier molecular flexibility index (Phi) is 5.87. The Morgan fingerprint density at radius 1 is 1.28 bits per heavy atom. The van der Waals surface area contributed by atoms with Gasteiger partial charge in [-0.15, -0.1) is 0 Å². The van der Waals surface area contributed by atoms with Crippen LogP contribution in [0.2, 0.25) is 0 Å². The molecule has 1 aromatic rings. The van der Waals surface area contributed by atoms with Crippen LogP contribution in [0.1, 0.15) is 29.6 Å². The molecule has 0 radical (unpaired) electrons. The first-order valence-electron chi connectivity index (χ1n) is 5.90. The molecule has 0 saturated carbocycles. The summed E-state index contributed by atoms with van der Waals surface area (Å²) in [4.78, 5) is 23.0. The molecule has 0 saturated heterocycles. The molecular formula is C13H18N2O3. The lowest BCUT2D eigenvalue weighted by Gasteiger charge is -2.06. The zero-order valence-electron chi connectivity index (χ0n) is 10.4. The van der Waals surface area contributed by atoms with Crippen molar-refractivity contribution in [2.45, 2.75) is 19.3 Å². The van der Waals surface area contributed by atoms with Gasteiger partial charge < -0.3 is 15.7 Å². The molecule has 0 spiro atoms. The third kappa shape index (κ3) is 4.55. The number of unbranched alkanes of at least 4 members (excludes halogenated alkanes) is 1. The molecule has 0 unspecified atom stereocenters. The standard InChI is InChI=1S/C13H18N2O3/c1-14-13(18)10-5-4-6-11(9-10)15-12(17)7-2-3-8-16/h4-6,9,16H,2-3,7-8H2,1H3,(H,14,18)(H,15,17). The molecule has 0 bridgehead atoms. The van der Waals surface area contributed by atoms with Gasteiger partial charge in [0, 0.05) is 31.3 Å². The molecule has 0 aliphatic heterocycles. The molecule has 18 heavy (non-hydrogen) atoms. The number of nitrogens with one attached hydrogen (secondary N) is 2. The van der Waals surface area contributed by atoms with Crippen molar-refractivity contribution in [2.24, 2.45) is 0 Å². The maximum absolute atomic E-state index is 11.5. The molecule has 0 aliphatic carbocycles. The second-order valence-electron chi connectivity index (χ2n) is 3.89. The minimum absolute atomic E-state index is 0.0967. The lowest BCUT2D eigenvalue weighted by molar-refractivity contribution is -0.116. The summed E-state index contributed by atoms with van der Waals surface area (Å²) in [5, 5.41) is 13.9. The van der Waals surface area contributed by atoms with Gasteiger partial charge in [0.1, 0.15) is 0 Å². The monoisotopic (exact) mass is 250 g/mol. The zero-order valence-corrected chi connectivity index (χ0v) is 10.4. The maximum atomic E-state index is 11.5. The second-order valence-corrected chi connectivity index (χ2v) is 3.89. The summed E-state index contributed by atoms with van der Waals surface area (Å²) in [5.74, 6) is -0.302. The van der Waals surface area contributed by atoms with Crippen LogP contribution < -0.4 is 10.6 Å². The number of carbonyl (C=O) groups excluding carboxylic acids is 2. The molecule has 1 aromatic carbocycles. The number of rotatable bonds is 6. The highest BCUT2D eigenvalue weighted by Crippen LogP contribution is 2.11. The third-order valence-electron chi connectivity index (χ3n) is 2.45. The molecule has 0 fully saturated rings. The summed E-state index contributed by atoms with van der Waals surface area (Å²) >= 11 is 0. The van der Waals surface area contributed by atoms with Crippen LogP contribution in [-0.4, -0.2) is 30.6 Å². The topological polar surface area (TPSA) is 78.4 Å². The van der Waals surface area contributed by atoms with Crippen molar-refractivity contribution in [3.05, 3.63) is 29.8 Å². The summed E-state index contributed by atoms with van der Waals surface area (Å²) in [6, 6.07) is 6.76. The third-order valence-corrected chi connectivity index (χ3v) is 2.45. The van der Waals surface area contributed by atoms with Crippen LogP contribution in [0.4, 0.5) is 5.69 Å². The van der Waals surface area contributed by atoms with Gasteiger partial charge in [0.05, 0.1) is 0 Å². The van der Waals surface area contributed by atoms with E-state index in [4.69, 9.17) is 5.11 Å². The van der Waals surface area contributed by atoms with E-state index in [0.717, 1.165) is 0 Å². The number of aliphatic hydroxyl groups is 1. The Morgan fingerprint density at radius 3 is 2.72 bits per heavy atom. The van der Waals surface area contributed by atoms with Gasteiger partial charge in [-0.1, -0.05) is 6.07 Å². The van der Waals surface area contributed by atoms with Gasteiger partial charge in [-0.3, -0.25) is 9.59 Å². The van der Waals surface area contributed by atoms with E-state index in [1.165, 1.54) is 0 Å². The van der Waals surface area contributed by atoms with Gasteiger partial charge >= 0.3 is 0 Å². The first kappa shape index (κ1) is 14.2. The highest BCUT2D eigenvalue weighted by Gasteiger charge is 2.06. The number of hydrogen-bond acceptors (Lipinski definition) is 3. The lowest BCUT2D eigenvalue weighted by atomic mass is 10.2. The number of benzene rings is 1. The first-order chi connectivity index (χ1) is 8.67. The van der Waals surface area contributed by atoms with Crippen molar-refractivity contribution in [1.29, 1.82) is 0 Å². The molecule has 0 aromatic heterocycles. The minimum Gasteiger partial charge on any atom is -0.396 e. The Bertz CT molecular complexity index is 418. The van der Waals surface area contributed by atoms with Gasteiger partial charge in [0.25, 0.3) is 5.91 Å². The smallest absolute Gasteiger partial charge is 0.251 e. The molecule has 3 N–H and O–H groups in total. The van der Waals surface area contributed by atoms with Crippen molar-refractivity contribution in [3.8, 4) is 0 Å².